The molecule has 0 saturated carbocycles. The number of benzene rings is 1. The van der Waals surface area contributed by atoms with Gasteiger partial charge in [0.15, 0.2) is 0 Å². The number of nitrogens with zero attached hydrogens (tertiary/aromatic N) is 5. The summed E-state index contributed by atoms with van der Waals surface area (Å²) in [7, 11) is 4.30. The Kier molecular flexibility index (Phi) is 5.24. The molecule has 0 spiro atoms. The van der Waals surface area contributed by atoms with Crippen molar-refractivity contribution in [2.45, 2.75) is 38.8 Å². The van der Waals surface area contributed by atoms with E-state index in [9.17, 15) is 5.11 Å². The summed E-state index contributed by atoms with van der Waals surface area (Å²) in [5.74, 6) is 1.52. The maximum Gasteiger partial charge on any atom is 0.147 e. The molecule has 1 aromatic carbocycles. The maximum absolute atomic E-state index is 10.5. The van der Waals surface area contributed by atoms with Crippen molar-refractivity contribution < 1.29 is 5.11 Å². The number of aromatic amines is 1. The van der Waals surface area contributed by atoms with Crippen molar-refractivity contribution in [3.63, 3.8) is 0 Å². The molecule has 0 radical (unpaired) electrons. The molecule has 0 bridgehead atoms. The molecule has 2 N–H and O–H groups in total. The van der Waals surface area contributed by atoms with Crippen molar-refractivity contribution in [2.24, 2.45) is 5.92 Å². The molecule has 1 aliphatic heterocycles. The molecule has 2 unspecified atom stereocenters. The van der Waals surface area contributed by atoms with Crippen LogP contribution in [0.15, 0.2) is 43.0 Å². The number of aromatic hydroxyl groups is 1. The summed E-state index contributed by atoms with van der Waals surface area (Å²) in [6.45, 7) is 8.00. The third-order valence-electron chi connectivity index (χ3n) is 7.04. The van der Waals surface area contributed by atoms with Gasteiger partial charge in [0.2, 0.25) is 0 Å². The van der Waals surface area contributed by atoms with Gasteiger partial charge in [-0.15, -0.1) is 0 Å². The molecule has 158 valence electrons. The van der Waals surface area contributed by atoms with Gasteiger partial charge in [0.1, 0.15) is 11.6 Å². The van der Waals surface area contributed by atoms with E-state index in [2.05, 4.69) is 64.8 Å². The molecule has 2 aromatic heterocycles. The Morgan fingerprint density at radius 3 is 2.60 bits per heavy atom. The molecule has 7 nitrogen and oxygen atoms in total. The van der Waals surface area contributed by atoms with Crippen LogP contribution < -0.4 is 4.90 Å². The molecule has 1 fully saturated rings. The van der Waals surface area contributed by atoms with E-state index in [0.717, 1.165) is 29.9 Å². The number of phenolic OH excluding ortho intramolecular Hbond substituents is 1. The molecule has 1 saturated heterocycles. The van der Waals surface area contributed by atoms with Crippen molar-refractivity contribution in [1.29, 1.82) is 0 Å². The lowest BCUT2D eigenvalue weighted by Gasteiger charge is -2.51. The fraction of sp³-hybridized carbons (Fsp3) is 0.435. The van der Waals surface area contributed by atoms with Gasteiger partial charge in [-0.25, -0.2) is 4.98 Å². The van der Waals surface area contributed by atoms with Crippen molar-refractivity contribution >= 4 is 5.82 Å². The minimum Gasteiger partial charge on any atom is -0.507 e. The average Bonchev–Trinajstić information content (AvgIpc) is 3.27. The van der Waals surface area contributed by atoms with Gasteiger partial charge in [-0.05, 0) is 50.9 Å². The standard InChI is InChI=1S/C23H30N6O/c1-15-20(8-9-28(4)23(15,2)3)29(5)22-14-24-19(13-25-22)18-7-6-16(10-21(18)30)17-11-26-27-12-17/h6-7,10-15,20,30H,8-9H2,1-5H3,(H,26,27). The Balaban J connectivity index is 1.54. The second kappa shape index (κ2) is 7.72. The SMILES string of the molecule is CC1C(N(C)c2cnc(-c3ccc(-c4cn[nH]c4)cc3O)cn2)CCN(C)C1(C)C. The normalized spacial score (nSPS) is 21.5. The fourth-order valence-electron chi connectivity index (χ4n) is 4.36. The first-order valence-corrected chi connectivity index (χ1v) is 10.4. The van der Waals surface area contributed by atoms with E-state index in [1.807, 2.05) is 12.1 Å². The predicted octanol–water partition coefficient (Wildman–Crippen LogP) is 3.79. The number of piperidine rings is 1. The van der Waals surface area contributed by atoms with Crippen LogP contribution in [0.1, 0.15) is 27.2 Å². The smallest absolute Gasteiger partial charge is 0.147 e. The summed E-state index contributed by atoms with van der Waals surface area (Å²) in [6, 6.07) is 5.94. The molecule has 7 heteroatoms. The summed E-state index contributed by atoms with van der Waals surface area (Å²) in [5, 5.41) is 17.3. The van der Waals surface area contributed by atoms with Crippen molar-refractivity contribution in [3.8, 4) is 28.1 Å². The quantitative estimate of drug-likeness (QED) is 0.686. The van der Waals surface area contributed by atoms with Crippen LogP contribution in [-0.4, -0.2) is 62.4 Å². The summed E-state index contributed by atoms with van der Waals surface area (Å²) >= 11 is 0. The van der Waals surface area contributed by atoms with Crippen LogP contribution in [0, 0.1) is 5.92 Å². The highest BCUT2D eigenvalue weighted by Crippen LogP contribution is 2.36. The van der Waals surface area contributed by atoms with E-state index in [1.165, 1.54) is 0 Å². The van der Waals surface area contributed by atoms with Crippen LogP contribution in [0.4, 0.5) is 5.82 Å². The third kappa shape index (κ3) is 3.54. The molecule has 0 aliphatic carbocycles. The molecular formula is C23H30N6O. The number of H-pyrrole nitrogens is 1. The number of anilines is 1. The van der Waals surface area contributed by atoms with Crippen LogP contribution in [0.2, 0.25) is 0 Å². The van der Waals surface area contributed by atoms with Gasteiger partial charge in [0, 0.05) is 42.5 Å². The number of hydrogen-bond acceptors (Lipinski definition) is 6. The Hall–Kier alpha value is -2.93. The molecule has 3 heterocycles. The largest absolute Gasteiger partial charge is 0.507 e. The first-order valence-electron chi connectivity index (χ1n) is 10.4. The number of hydrogen-bond donors (Lipinski definition) is 2. The molecule has 3 aromatic rings. The van der Waals surface area contributed by atoms with E-state index in [0.29, 0.717) is 23.2 Å². The van der Waals surface area contributed by atoms with Gasteiger partial charge in [0.25, 0.3) is 0 Å². The van der Waals surface area contributed by atoms with E-state index < -0.39 is 0 Å². The number of phenols is 1. The molecule has 4 rings (SSSR count). The monoisotopic (exact) mass is 406 g/mol. The number of likely N-dealkylation sites (tertiary alicyclic amines) is 1. The molecule has 2 atom stereocenters. The van der Waals surface area contributed by atoms with Gasteiger partial charge < -0.3 is 14.9 Å². The second-order valence-corrected chi connectivity index (χ2v) is 8.81. The summed E-state index contributed by atoms with van der Waals surface area (Å²) in [5.41, 5.74) is 3.27. The topological polar surface area (TPSA) is 81.2 Å². The van der Waals surface area contributed by atoms with Crippen molar-refractivity contribution in [1.82, 2.24) is 25.1 Å². The van der Waals surface area contributed by atoms with Crippen LogP contribution in [0.3, 0.4) is 0 Å². The lowest BCUT2D eigenvalue weighted by molar-refractivity contribution is 0.0391. The lowest BCUT2D eigenvalue weighted by atomic mass is 9.77. The highest BCUT2D eigenvalue weighted by molar-refractivity contribution is 5.73. The highest BCUT2D eigenvalue weighted by atomic mass is 16.3. The molecule has 30 heavy (non-hydrogen) atoms. The van der Waals surface area contributed by atoms with Gasteiger partial charge in [-0.1, -0.05) is 13.0 Å². The first-order chi connectivity index (χ1) is 14.3. The van der Waals surface area contributed by atoms with Crippen molar-refractivity contribution in [3.05, 3.63) is 43.0 Å². The molecule has 1 aliphatic rings. The second-order valence-electron chi connectivity index (χ2n) is 8.81. The maximum atomic E-state index is 10.5. The average molecular weight is 407 g/mol. The molecular weight excluding hydrogens is 376 g/mol. The van der Waals surface area contributed by atoms with E-state index in [4.69, 9.17) is 0 Å². The molecule has 0 amide bonds. The third-order valence-corrected chi connectivity index (χ3v) is 7.04. The van der Waals surface area contributed by atoms with E-state index in [-0.39, 0.29) is 11.3 Å². The van der Waals surface area contributed by atoms with Gasteiger partial charge in [0.05, 0.1) is 24.3 Å². The van der Waals surface area contributed by atoms with Crippen LogP contribution in [0.5, 0.6) is 5.75 Å². The minimum atomic E-state index is 0.132. The zero-order chi connectivity index (χ0) is 21.5. The lowest BCUT2D eigenvalue weighted by Crippen LogP contribution is -2.59. The Morgan fingerprint density at radius 1 is 1.17 bits per heavy atom. The van der Waals surface area contributed by atoms with Gasteiger partial charge in [-0.2, -0.15) is 5.10 Å². The van der Waals surface area contributed by atoms with E-state index in [1.54, 1.807) is 30.9 Å². The van der Waals surface area contributed by atoms with E-state index >= 15 is 0 Å². The first kappa shape index (κ1) is 20.3. The highest BCUT2D eigenvalue weighted by Gasteiger charge is 2.41. The Bertz CT molecular complexity index is 999. The zero-order valence-corrected chi connectivity index (χ0v) is 18.3. The zero-order valence-electron chi connectivity index (χ0n) is 18.3. The number of rotatable bonds is 4. The van der Waals surface area contributed by atoms with Gasteiger partial charge >= 0.3 is 0 Å². The number of aromatic nitrogens is 4. The number of nitrogens with one attached hydrogen (secondary N) is 1. The summed E-state index contributed by atoms with van der Waals surface area (Å²) in [4.78, 5) is 14.0. The van der Waals surface area contributed by atoms with Crippen LogP contribution in [0.25, 0.3) is 22.4 Å². The minimum absolute atomic E-state index is 0.132. The van der Waals surface area contributed by atoms with Crippen LogP contribution in [-0.2, 0) is 0 Å². The fourth-order valence-corrected chi connectivity index (χ4v) is 4.36. The summed E-state index contributed by atoms with van der Waals surface area (Å²) < 4.78 is 0. The van der Waals surface area contributed by atoms with Crippen LogP contribution >= 0.6 is 0 Å². The van der Waals surface area contributed by atoms with Crippen molar-refractivity contribution in [2.75, 3.05) is 25.5 Å². The predicted molar refractivity (Wildman–Crippen MR) is 119 cm³/mol. The Morgan fingerprint density at radius 2 is 1.97 bits per heavy atom. The Labute approximate surface area is 177 Å². The van der Waals surface area contributed by atoms with Gasteiger partial charge in [-0.3, -0.25) is 10.1 Å². The summed E-state index contributed by atoms with van der Waals surface area (Å²) in [6.07, 6.45) is 8.16.